The van der Waals surface area contributed by atoms with Gasteiger partial charge < -0.3 is 4.42 Å². The molecule has 0 N–H and O–H groups in total. The van der Waals surface area contributed by atoms with Crippen molar-refractivity contribution in [1.82, 2.24) is 0 Å². The summed E-state index contributed by atoms with van der Waals surface area (Å²) in [6.07, 6.45) is 1.62. The van der Waals surface area contributed by atoms with Crippen LogP contribution in [0.4, 0.5) is 0 Å². The third-order valence-electron chi connectivity index (χ3n) is 1.68. The predicted molar refractivity (Wildman–Crippen MR) is 54.6 cm³/mol. The van der Waals surface area contributed by atoms with Crippen LogP contribution < -0.4 is 0 Å². The van der Waals surface area contributed by atoms with Crippen LogP contribution in [-0.2, 0) is 0 Å². The molecule has 1 heterocycles. The van der Waals surface area contributed by atoms with E-state index >= 15 is 0 Å². The number of carbonyl (C=O) groups excluding carboxylic acids is 1. The maximum Gasteiger partial charge on any atom is 0.222 e. The van der Waals surface area contributed by atoms with Gasteiger partial charge in [0.15, 0.2) is 0 Å². The molecule has 0 radical (unpaired) electrons. The zero-order chi connectivity index (χ0) is 8.55. The Hall–Kier alpha value is -0.840. The highest BCUT2D eigenvalue weighted by atomic mass is 127. The molecule has 0 saturated heterocycles. The molecule has 0 bridgehead atoms. The van der Waals surface area contributed by atoms with Crippen molar-refractivity contribution < 1.29 is 9.21 Å². The number of fused-ring (bicyclic) bond motifs is 1. The van der Waals surface area contributed by atoms with E-state index in [4.69, 9.17) is 4.42 Å². The molecule has 12 heavy (non-hydrogen) atoms. The second-order valence-corrected chi connectivity index (χ2v) is 3.43. The first-order valence-corrected chi connectivity index (χ1v) is 4.52. The van der Waals surface area contributed by atoms with Crippen molar-refractivity contribution in [2.24, 2.45) is 0 Å². The van der Waals surface area contributed by atoms with E-state index in [9.17, 15) is 4.79 Å². The Bertz CT molecular complexity index is 431. The van der Waals surface area contributed by atoms with Crippen molar-refractivity contribution in [1.29, 1.82) is 0 Å². The normalized spacial score (nSPS) is 10.4. The molecule has 0 aliphatic heterocycles. The van der Waals surface area contributed by atoms with Gasteiger partial charge in [-0.05, 0) is 18.2 Å². The molecule has 1 aromatic heterocycles. The lowest BCUT2D eigenvalue weighted by Crippen LogP contribution is -1.85. The Morgan fingerprint density at radius 1 is 1.33 bits per heavy atom. The molecule has 3 heteroatoms. The molecule has 0 aliphatic rings. The Kier molecular flexibility index (Phi) is 1.88. The highest BCUT2D eigenvalue weighted by Crippen LogP contribution is 2.18. The van der Waals surface area contributed by atoms with Crippen molar-refractivity contribution >= 4 is 37.4 Å². The van der Waals surface area contributed by atoms with Crippen LogP contribution in [0.3, 0.4) is 0 Å². The second kappa shape index (κ2) is 2.90. The van der Waals surface area contributed by atoms with E-state index in [0.717, 1.165) is 11.0 Å². The SMILES string of the molecule is O=C(I)c1ccc2ccoc2c1. The van der Waals surface area contributed by atoms with Gasteiger partial charge in [0.05, 0.1) is 6.26 Å². The number of halogens is 1. The third-order valence-corrected chi connectivity index (χ3v) is 2.31. The molecule has 0 spiro atoms. The number of rotatable bonds is 1. The van der Waals surface area contributed by atoms with E-state index in [1.54, 1.807) is 41.0 Å². The van der Waals surface area contributed by atoms with E-state index in [0.29, 0.717) is 5.56 Å². The number of carbonyl (C=O) groups is 1. The van der Waals surface area contributed by atoms with E-state index in [1.165, 1.54) is 0 Å². The summed E-state index contributed by atoms with van der Waals surface area (Å²) in [5.41, 5.74) is 1.44. The minimum absolute atomic E-state index is 0.0332. The predicted octanol–water partition coefficient (Wildman–Crippen LogP) is 3.01. The molecule has 0 atom stereocenters. The lowest BCUT2D eigenvalue weighted by molar-refractivity contribution is 0.110. The first-order chi connectivity index (χ1) is 5.77. The van der Waals surface area contributed by atoms with Gasteiger partial charge in [-0.25, -0.2) is 0 Å². The van der Waals surface area contributed by atoms with E-state index in [-0.39, 0.29) is 3.79 Å². The average Bonchev–Trinajstić information content (AvgIpc) is 2.49. The van der Waals surface area contributed by atoms with Crippen molar-refractivity contribution in [2.45, 2.75) is 0 Å². The van der Waals surface area contributed by atoms with Gasteiger partial charge in [-0.15, -0.1) is 0 Å². The Morgan fingerprint density at radius 3 is 2.92 bits per heavy atom. The summed E-state index contributed by atoms with van der Waals surface area (Å²) in [6, 6.07) is 7.30. The zero-order valence-corrected chi connectivity index (χ0v) is 8.24. The summed E-state index contributed by atoms with van der Waals surface area (Å²) in [5, 5.41) is 1.02. The Morgan fingerprint density at radius 2 is 2.17 bits per heavy atom. The molecule has 0 fully saturated rings. The molecule has 2 aromatic rings. The highest BCUT2D eigenvalue weighted by Gasteiger charge is 2.02. The van der Waals surface area contributed by atoms with Gasteiger partial charge >= 0.3 is 0 Å². The first kappa shape index (κ1) is 7.79. The van der Waals surface area contributed by atoms with E-state index in [1.807, 2.05) is 12.1 Å². The standard InChI is InChI=1S/C9H5IO2/c10-9(11)7-2-1-6-3-4-12-8(6)5-7/h1-5H. The van der Waals surface area contributed by atoms with E-state index in [2.05, 4.69) is 0 Å². The second-order valence-electron chi connectivity index (χ2n) is 2.45. The van der Waals surface area contributed by atoms with Gasteiger partial charge in [0.25, 0.3) is 0 Å². The van der Waals surface area contributed by atoms with Gasteiger partial charge in [0.2, 0.25) is 3.79 Å². The third kappa shape index (κ3) is 1.24. The summed E-state index contributed by atoms with van der Waals surface area (Å²) in [7, 11) is 0. The van der Waals surface area contributed by atoms with Crippen LogP contribution in [0.2, 0.25) is 0 Å². The van der Waals surface area contributed by atoms with Gasteiger partial charge in [-0.3, -0.25) is 4.79 Å². The van der Waals surface area contributed by atoms with Gasteiger partial charge in [-0.1, -0.05) is 6.07 Å². The number of furan rings is 1. The smallest absolute Gasteiger partial charge is 0.222 e. The first-order valence-electron chi connectivity index (χ1n) is 3.44. The van der Waals surface area contributed by atoms with Crippen LogP contribution in [0.25, 0.3) is 11.0 Å². The highest BCUT2D eigenvalue weighted by molar-refractivity contribution is 14.1. The summed E-state index contributed by atoms with van der Waals surface area (Å²) < 4.78 is 5.19. The van der Waals surface area contributed by atoms with E-state index < -0.39 is 0 Å². The zero-order valence-electron chi connectivity index (χ0n) is 6.08. The fraction of sp³-hybridized carbons (Fsp3) is 0. The van der Waals surface area contributed by atoms with Crippen molar-refractivity contribution in [3.8, 4) is 0 Å². The fourth-order valence-electron chi connectivity index (χ4n) is 1.08. The quantitative estimate of drug-likeness (QED) is 0.590. The molecular formula is C9H5IO2. The van der Waals surface area contributed by atoms with Gasteiger partial charge in [0.1, 0.15) is 5.58 Å². The topological polar surface area (TPSA) is 30.2 Å². The molecule has 0 unspecified atom stereocenters. The van der Waals surface area contributed by atoms with Crippen LogP contribution in [0, 0.1) is 0 Å². The summed E-state index contributed by atoms with van der Waals surface area (Å²) in [4.78, 5) is 11.0. The lowest BCUT2D eigenvalue weighted by atomic mass is 10.2. The monoisotopic (exact) mass is 272 g/mol. The molecule has 2 nitrogen and oxygen atoms in total. The summed E-state index contributed by atoms with van der Waals surface area (Å²) >= 11 is 1.76. The average molecular weight is 272 g/mol. The molecule has 0 aliphatic carbocycles. The van der Waals surface area contributed by atoms with Crippen LogP contribution in [0.1, 0.15) is 10.4 Å². The van der Waals surface area contributed by atoms with Gasteiger partial charge in [-0.2, -0.15) is 0 Å². The van der Waals surface area contributed by atoms with Crippen LogP contribution >= 0.6 is 22.6 Å². The largest absolute Gasteiger partial charge is 0.464 e. The summed E-state index contributed by atoms with van der Waals surface area (Å²) in [5.74, 6) is 0. The minimum Gasteiger partial charge on any atom is -0.464 e. The molecule has 0 saturated carbocycles. The number of hydrogen-bond acceptors (Lipinski definition) is 2. The number of hydrogen-bond donors (Lipinski definition) is 0. The Balaban J connectivity index is 2.68. The Labute approximate surface area is 82.7 Å². The minimum atomic E-state index is 0.0332. The van der Waals surface area contributed by atoms with Crippen LogP contribution in [-0.4, -0.2) is 3.79 Å². The fourth-order valence-corrected chi connectivity index (χ4v) is 1.41. The van der Waals surface area contributed by atoms with Crippen LogP contribution in [0.5, 0.6) is 0 Å². The maximum atomic E-state index is 11.0. The number of benzene rings is 1. The van der Waals surface area contributed by atoms with Crippen molar-refractivity contribution in [3.05, 3.63) is 36.1 Å². The molecule has 1 aromatic carbocycles. The van der Waals surface area contributed by atoms with Crippen molar-refractivity contribution in [2.75, 3.05) is 0 Å². The molecular weight excluding hydrogens is 267 g/mol. The molecule has 2 rings (SSSR count). The molecule has 60 valence electrons. The maximum absolute atomic E-state index is 11.0. The molecule has 0 amide bonds. The summed E-state index contributed by atoms with van der Waals surface area (Å²) in [6.45, 7) is 0. The van der Waals surface area contributed by atoms with Crippen molar-refractivity contribution in [3.63, 3.8) is 0 Å². The lowest BCUT2D eigenvalue weighted by Gasteiger charge is -1.92. The van der Waals surface area contributed by atoms with Gasteiger partial charge in [0, 0.05) is 33.5 Å². The van der Waals surface area contributed by atoms with Crippen LogP contribution in [0.15, 0.2) is 34.9 Å².